The van der Waals surface area contributed by atoms with E-state index in [0.29, 0.717) is 31.4 Å². The third kappa shape index (κ3) is 3.78. The van der Waals surface area contributed by atoms with E-state index in [1.165, 1.54) is 3.97 Å². The first-order valence-electron chi connectivity index (χ1n) is 11.3. The fraction of sp³-hybridized carbons (Fsp3) is 0.400. The van der Waals surface area contributed by atoms with Gasteiger partial charge in [-0.15, -0.1) is 0 Å². The second kappa shape index (κ2) is 8.46. The summed E-state index contributed by atoms with van der Waals surface area (Å²) in [5.74, 6) is 0.416. The molecule has 0 saturated heterocycles. The van der Waals surface area contributed by atoms with Crippen LogP contribution in [0.1, 0.15) is 36.9 Å². The summed E-state index contributed by atoms with van der Waals surface area (Å²) in [5, 5.41) is 11.8. The Morgan fingerprint density at radius 2 is 1.66 bits per heavy atom. The number of hydrogen-bond donors (Lipinski definition) is 1. The number of Topliss-reactive ketones (excluding diaryl/α,β-unsaturated/α-hetero) is 1. The zero-order chi connectivity index (χ0) is 22.3. The van der Waals surface area contributed by atoms with Crippen LogP contribution in [0, 0.1) is 5.92 Å². The number of rotatable bonds is 5. The molecular weight excluding hydrogens is 424 g/mol. The minimum absolute atomic E-state index is 0.132. The lowest BCUT2D eigenvalue weighted by molar-refractivity contribution is -0.121. The van der Waals surface area contributed by atoms with Crippen LogP contribution in [0.5, 0.6) is 0 Å². The summed E-state index contributed by atoms with van der Waals surface area (Å²) < 4.78 is 28.8. The van der Waals surface area contributed by atoms with Crippen LogP contribution >= 0.6 is 0 Å². The molecule has 1 saturated carbocycles. The Kier molecular flexibility index (Phi) is 5.65. The minimum atomic E-state index is -3.75. The lowest BCUT2D eigenvalue weighted by Crippen LogP contribution is -2.41. The van der Waals surface area contributed by atoms with Crippen LogP contribution in [-0.2, 0) is 27.8 Å². The molecule has 1 atom stereocenters. The predicted octanol–water partition coefficient (Wildman–Crippen LogP) is 3.36. The molecule has 2 aliphatic rings. The molecule has 1 aromatic heterocycles. The maximum atomic E-state index is 13.7. The molecule has 7 heteroatoms. The average molecular weight is 453 g/mol. The molecule has 168 valence electrons. The largest absolute Gasteiger partial charge is 0.392 e. The van der Waals surface area contributed by atoms with Gasteiger partial charge in [0.25, 0.3) is 10.0 Å². The van der Waals surface area contributed by atoms with Crippen molar-refractivity contribution in [3.63, 3.8) is 0 Å². The van der Waals surface area contributed by atoms with E-state index in [1.54, 1.807) is 24.3 Å². The number of ketones is 1. The van der Waals surface area contributed by atoms with Gasteiger partial charge in [-0.3, -0.25) is 9.69 Å². The number of benzene rings is 2. The number of carbonyl (C=O) groups is 1. The summed E-state index contributed by atoms with van der Waals surface area (Å²) >= 11 is 0. The number of aromatic nitrogens is 1. The Morgan fingerprint density at radius 1 is 0.969 bits per heavy atom. The van der Waals surface area contributed by atoms with E-state index in [4.69, 9.17) is 0 Å². The fourth-order valence-corrected chi connectivity index (χ4v) is 6.81. The third-order valence-corrected chi connectivity index (χ3v) is 8.72. The topological polar surface area (TPSA) is 79.6 Å². The first-order valence-corrected chi connectivity index (χ1v) is 12.7. The molecule has 32 heavy (non-hydrogen) atoms. The molecular formula is C25H28N2O4S. The van der Waals surface area contributed by atoms with E-state index in [-0.39, 0.29) is 16.6 Å². The zero-order valence-corrected chi connectivity index (χ0v) is 18.8. The summed E-state index contributed by atoms with van der Waals surface area (Å²) in [4.78, 5) is 14.0. The quantitative estimate of drug-likeness (QED) is 0.642. The summed E-state index contributed by atoms with van der Waals surface area (Å²) in [6.45, 7) is 1.74. The van der Waals surface area contributed by atoms with Gasteiger partial charge in [-0.25, -0.2) is 12.4 Å². The zero-order valence-electron chi connectivity index (χ0n) is 18.0. The van der Waals surface area contributed by atoms with Crippen molar-refractivity contribution in [2.24, 2.45) is 5.92 Å². The normalized spacial score (nSPS) is 19.2. The first kappa shape index (κ1) is 21.4. The molecule has 5 rings (SSSR count). The molecule has 6 nitrogen and oxygen atoms in total. The summed E-state index contributed by atoms with van der Waals surface area (Å²) in [6.07, 6.45) is 2.81. The van der Waals surface area contributed by atoms with Gasteiger partial charge in [-0.2, -0.15) is 0 Å². The first-order chi connectivity index (χ1) is 15.4. The number of aliphatic hydroxyl groups is 1. The molecule has 2 aromatic carbocycles. The van der Waals surface area contributed by atoms with Gasteiger partial charge in [0.1, 0.15) is 5.78 Å². The SMILES string of the molecule is O=C1CCC(C(O)CN2CCc3c(n(S(=O)(=O)c4ccccc4)c4ccccc34)C2)CC1. The highest BCUT2D eigenvalue weighted by Crippen LogP contribution is 2.34. The highest BCUT2D eigenvalue weighted by molar-refractivity contribution is 7.90. The highest BCUT2D eigenvalue weighted by Gasteiger charge is 2.32. The maximum Gasteiger partial charge on any atom is 0.268 e. The molecule has 0 radical (unpaired) electrons. The Labute approximate surface area is 188 Å². The van der Waals surface area contributed by atoms with Gasteiger partial charge in [-0.05, 0) is 48.9 Å². The Balaban J connectivity index is 1.48. The molecule has 0 amide bonds. The smallest absolute Gasteiger partial charge is 0.268 e. The second-order valence-corrected chi connectivity index (χ2v) is 10.7. The number of carbonyl (C=O) groups excluding carboxylic acids is 1. The molecule has 0 bridgehead atoms. The van der Waals surface area contributed by atoms with Crippen molar-refractivity contribution in [3.05, 3.63) is 65.9 Å². The molecule has 1 fully saturated rings. The van der Waals surface area contributed by atoms with Crippen LogP contribution in [0.15, 0.2) is 59.5 Å². The van der Waals surface area contributed by atoms with E-state index in [1.807, 2.05) is 30.3 Å². The number of nitrogens with zero attached hydrogens (tertiary/aromatic N) is 2. The Hall–Kier alpha value is -2.48. The minimum Gasteiger partial charge on any atom is -0.392 e. The maximum absolute atomic E-state index is 13.7. The van der Waals surface area contributed by atoms with Crippen molar-refractivity contribution in [2.75, 3.05) is 13.1 Å². The number of hydrogen-bond acceptors (Lipinski definition) is 5. The molecule has 1 aliphatic carbocycles. The van der Waals surface area contributed by atoms with E-state index in [9.17, 15) is 18.3 Å². The van der Waals surface area contributed by atoms with Crippen LogP contribution in [-0.4, -0.2) is 47.4 Å². The van der Waals surface area contributed by atoms with Crippen molar-refractivity contribution in [2.45, 2.75) is 49.6 Å². The van der Waals surface area contributed by atoms with Gasteiger partial charge in [0.05, 0.1) is 22.2 Å². The fourth-order valence-electron chi connectivity index (χ4n) is 5.22. The van der Waals surface area contributed by atoms with Crippen LogP contribution in [0.4, 0.5) is 0 Å². The molecule has 0 spiro atoms. The summed E-state index contributed by atoms with van der Waals surface area (Å²) in [6, 6.07) is 16.2. The van der Waals surface area contributed by atoms with Gasteiger partial charge in [0, 0.05) is 37.9 Å². The molecule has 2 heterocycles. The van der Waals surface area contributed by atoms with Gasteiger partial charge in [-0.1, -0.05) is 36.4 Å². The van der Waals surface area contributed by atoms with Crippen LogP contribution in [0.25, 0.3) is 10.9 Å². The average Bonchev–Trinajstić information content (AvgIpc) is 3.14. The van der Waals surface area contributed by atoms with Crippen LogP contribution in [0.3, 0.4) is 0 Å². The van der Waals surface area contributed by atoms with Crippen LogP contribution in [0.2, 0.25) is 0 Å². The summed E-state index contributed by atoms with van der Waals surface area (Å²) in [7, 11) is -3.75. The van der Waals surface area contributed by atoms with Gasteiger partial charge >= 0.3 is 0 Å². The van der Waals surface area contributed by atoms with E-state index in [2.05, 4.69) is 4.90 Å². The predicted molar refractivity (Wildman–Crippen MR) is 123 cm³/mol. The lowest BCUT2D eigenvalue weighted by atomic mass is 9.84. The monoisotopic (exact) mass is 452 g/mol. The number of aliphatic hydroxyl groups excluding tert-OH is 1. The van der Waals surface area contributed by atoms with Gasteiger partial charge in [0.15, 0.2) is 0 Å². The molecule has 1 N–H and O–H groups in total. The third-order valence-electron chi connectivity index (χ3n) is 6.95. The van der Waals surface area contributed by atoms with Gasteiger partial charge in [0.2, 0.25) is 0 Å². The lowest BCUT2D eigenvalue weighted by Gasteiger charge is -2.33. The van der Waals surface area contributed by atoms with Crippen molar-refractivity contribution < 1.29 is 18.3 Å². The van der Waals surface area contributed by atoms with Crippen molar-refractivity contribution >= 4 is 26.7 Å². The second-order valence-electron chi connectivity index (χ2n) is 8.95. The molecule has 1 aliphatic heterocycles. The van der Waals surface area contributed by atoms with Crippen molar-refractivity contribution in [1.82, 2.24) is 8.87 Å². The number of para-hydroxylation sites is 1. The van der Waals surface area contributed by atoms with Gasteiger partial charge < -0.3 is 5.11 Å². The Bertz CT molecular complexity index is 1240. The molecule has 1 unspecified atom stereocenters. The summed E-state index contributed by atoms with van der Waals surface area (Å²) in [5.41, 5.74) is 2.57. The Morgan fingerprint density at radius 3 is 2.41 bits per heavy atom. The van der Waals surface area contributed by atoms with Crippen molar-refractivity contribution in [3.8, 4) is 0 Å². The van der Waals surface area contributed by atoms with E-state index >= 15 is 0 Å². The number of fused-ring (bicyclic) bond motifs is 3. The van der Waals surface area contributed by atoms with E-state index < -0.39 is 16.1 Å². The standard InChI is InChI=1S/C25H28N2O4S/c28-19-12-10-18(11-13-19)25(29)17-26-15-14-22-21-8-4-5-9-23(21)27(24(22)16-26)32(30,31)20-6-2-1-3-7-20/h1-9,18,25,29H,10-17H2. The number of β-amino-alcohol motifs (C(OH)–C–C–N with tert-alkyl or cyclic N) is 1. The highest BCUT2D eigenvalue weighted by atomic mass is 32.2. The van der Waals surface area contributed by atoms with Crippen LogP contribution < -0.4 is 0 Å². The van der Waals surface area contributed by atoms with Crippen molar-refractivity contribution in [1.29, 1.82) is 0 Å². The van der Waals surface area contributed by atoms with E-state index in [0.717, 1.165) is 42.5 Å². The molecule has 3 aromatic rings.